The summed E-state index contributed by atoms with van der Waals surface area (Å²) in [7, 11) is 0. The highest BCUT2D eigenvalue weighted by Crippen LogP contribution is 2.44. The number of aliphatic hydroxyl groups is 3. The van der Waals surface area contributed by atoms with Gasteiger partial charge in [-0.2, -0.15) is 0 Å². The number of likely N-dealkylation sites (tertiary alicyclic amines) is 2. The van der Waals surface area contributed by atoms with E-state index in [4.69, 9.17) is 0 Å². The smallest absolute Gasteiger partial charge is 0.280 e. The van der Waals surface area contributed by atoms with Gasteiger partial charge in [0.2, 0.25) is 0 Å². The summed E-state index contributed by atoms with van der Waals surface area (Å²) >= 11 is 3.40. The summed E-state index contributed by atoms with van der Waals surface area (Å²) in [6, 6.07) is 5.82. The van der Waals surface area contributed by atoms with Gasteiger partial charge in [0.25, 0.3) is 41.4 Å². The molecule has 1 saturated carbocycles. The highest BCUT2D eigenvalue weighted by atomic mass is 32.1. The van der Waals surface area contributed by atoms with E-state index in [9.17, 15) is 52.9 Å². The number of anilines is 3. The lowest BCUT2D eigenvalue weighted by Crippen LogP contribution is -2.41. The molecule has 29 heteroatoms. The average molecular weight is 1510 g/mol. The minimum absolute atomic E-state index is 0.00456. The molecular formula is C76H107F2N15O9S3. The molecule has 24 nitrogen and oxygen atoms in total. The number of halogens is 2. The molecule has 6 aromatic heterocycles. The number of nitrogens with one attached hydrogen (secondary N) is 6. The van der Waals surface area contributed by atoms with Gasteiger partial charge in [-0.05, 0) is 216 Å². The van der Waals surface area contributed by atoms with E-state index in [0.29, 0.717) is 43.9 Å². The first-order valence-electron chi connectivity index (χ1n) is 36.5. The number of thiazole rings is 3. The number of aryl methyl sites for hydroxylation is 3. The Morgan fingerprint density at radius 3 is 1.21 bits per heavy atom. The lowest BCUT2D eigenvalue weighted by Gasteiger charge is -2.39. The monoisotopic (exact) mass is 1510 g/mol. The second-order valence-corrected chi connectivity index (χ2v) is 35.5. The zero-order valence-corrected chi connectivity index (χ0v) is 66.5. The Hall–Kier alpha value is -7.70. The molecule has 6 aromatic rings. The van der Waals surface area contributed by atoms with Crippen molar-refractivity contribution in [1.29, 1.82) is 0 Å². The van der Waals surface area contributed by atoms with Crippen molar-refractivity contribution in [3.8, 4) is 31.3 Å². The number of aromatic nitrogens is 6. The summed E-state index contributed by atoms with van der Waals surface area (Å²) < 4.78 is 28.1. The maximum absolute atomic E-state index is 14.0. The van der Waals surface area contributed by atoms with Crippen LogP contribution in [0.4, 0.5) is 26.2 Å². The second-order valence-electron chi connectivity index (χ2n) is 32.5. The molecule has 105 heavy (non-hydrogen) atoms. The van der Waals surface area contributed by atoms with Gasteiger partial charge in [0.1, 0.15) is 34.5 Å². The predicted octanol–water partition coefficient (Wildman–Crippen LogP) is 12.9. The van der Waals surface area contributed by atoms with Gasteiger partial charge in [-0.1, -0.05) is 13.8 Å². The third kappa shape index (κ3) is 20.5. The fourth-order valence-corrected chi connectivity index (χ4v) is 16.3. The van der Waals surface area contributed by atoms with Gasteiger partial charge in [-0.3, -0.25) is 28.8 Å². The number of hydrogen-bond acceptors (Lipinski definition) is 21. The first-order chi connectivity index (χ1) is 48.9. The third-order valence-electron chi connectivity index (χ3n) is 20.1. The molecule has 5 aliphatic rings. The Morgan fingerprint density at radius 2 is 0.895 bits per heavy atom. The standard InChI is InChI=1S/C26H37N5O3S.C25H35F2N5O3S.C25H35N5O3S/c1-7-25(3,4)30-19-12-15(2)18(13-27-19)21-20(24(33)31-16-8-9-17(31)11-10-16)29-23(35-21)22(32)28-14-26(5,6)34;1-8-23(4,5)31-17-9-14(2)16(11-28-17)19-18(22(34)32-13-25(26,27)10-15(32)3)30-21(36-19)20(33)29-12-24(6,7)35;1-15-12-18(29-25(5)9-7-10-25)26-13-17(15)20-19(23(32)30-11-6-8-16(30)2)28-22(34-20)21(31)27-14-24(3,4)33/h12-13,16-17,34H,7-11,14H2,1-6H3,(H,27,30)(H,28,32);9,11,15,35H,8,10,12-13H2,1-7H3,(H,28,31)(H,29,33);12-13,16,33H,6-11,14H2,1-5H3,(H,26,29)(H,27,31)/t;15-;16-/m.00/s1. The van der Waals surface area contributed by atoms with Crippen LogP contribution in [0.2, 0.25) is 0 Å². The van der Waals surface area contributed by atoms with Crippen molar-refractivity contribution in [2.45, 2.75) is 265 Å². The summed E-state index contributed by atoms with van der Waals surface area (Å²) in [5, 5.41) is 48.8. The molecule has 2 bridgehead atoms. The van der Waals surface area contributed by atoms with Gasteiger partial charge < -0.3 is 61.9 Å². The molecule has 0 radical (unpaired) electrons. The van der Waals surface area contributed by atoms with Crippen molar-refractivity contribution in [2.24, 2.45) is 0 Å². The molecular weight excluding hydrogens is 1400 g/mol. The van der Waals surface area contributed by atoms with Crippen molar-refractivity contribution in [3.05, 3.63) is 85.6 Å². The molecule has 5 fully saturated rings. The molecule has 0 unspecified atom stereocenters. The fraction of sp³-hybridized carbons (Fsp3) is 0.605. The number of carbonyl (C=O) groups excluding carboxylic acids is 6. The van der Waals surface area contributed by atoms with Crippen LogP contribution in [0.1, 0.15) is 258 Å². The van der Waals surface area contributed by atoms with Crippen LogP contribution in [0.3, 0.4) is 0 Å². The highest BCUT2D eigenvalue weighted by molar-refractivity contribution is 7.18. The lowest BCUT2D eigenvalue weighted by molar-refractivity contribution is 0.0117. The molecule has 9 N–H and O–H groups in total. The minimum Gasteiger partial charge on any atom is -0.389 e. The molecule has 0 aromatic carbocycles. The Balaban J connectivity index is 0.000000182. The zero-order valence-electron chi connectivity index (χ0n) is 64.1. The molecule has 2 atom stereocenters. The van der Waals surface area contributed by atoms with Gasteiger partial charge >= 0.3 is 0 Å². The number of alkyl halides is 2. The lowest BCUT2D eigenvalue weighted by atomic mass is 9.78. The maximum Gasteiger partial charge on any atom is 0.280 e. The van der Waals surface area contributed by atoms with Gasteiger partial charge in [0.05, 0.1) is 38.0 Å². The molecule has 6 amide bonds. The molecule has 10 heterocycles. The predicted molar refractivity (Wildman–Crippen MR) is 410 cm³/mol. The molecule has 572 valence electrons. The third-order valence-corrected chi connectivity index (χ3v) is 23.3. The Kier molecular flexibility index (Phi) is 24.8. The van der Waals surface area contributed by atoms with Gasteiger partial charge in [-0.25, -0.2) is 38.7 Å². The first-order valence-corrected chi connectivity index (χ1v) is 38.9. The highest BCUT2D eigenvalue weighted by Gasteiger charge is 2.47. The van der Waals surface area contributed by atoms with E-state index in [1.54, 1.807) is 67.1 Å². The van der Waals surface area contributed by atoms with E-state index < -0.39 is 65.4 Å². The van der Waals surface area contributed by atoms with Crippen LogP contribution in [0.5, 0.6) is 0 Å². The number of nitrogens with zero attached hydrogens (tertiary/aromatic N) is 9. The maximum atomic E-state index is 14.0. The topological polar surface area (TPSA) is 322 Å². The van der Waals surface area contributed by atoms with Gasteiger partial charge in [0, 0.05) is 109 Å². The van der Waals surface area contributed by atoms with Gasteiger partial charge in [0.15, 0.2) is 15.0 Å². The van der Waals surface area contributed by atoms with E-state index in [1.165, 1.54) is 29.1 Å². The van der Waals surface area contributed by atoms with Crippen LogP contribution >= 0.6 is 34.0 Å². The number of rotatable bonds is 23. The van der Waals surface area contributed by atoms with Crippen molar-refractivity contribution < 1.29 is 52.9 Å². The molecule has 0 spiro atoms. The Morgan fingerprint density at radius 1 is 0.533 bits per heavy atom. The average Bonchev–Trinajstić information content (AvgIpc) is 1.66. The summed E-state index contributed by atoms with van der Waals surface area (Å²) in [6.07, 6.45) is 16.1. The van der Waals surface area contributed by atoms with E-state index in [2.05, 4.69) is 110 Å². The van der Waals surface area contributed by atoms with E-state index >= 15 is 0 Å². The van der Waals surface area contributed by atoms with Crippen LogP contribution in [0.15, 0.2) is 36.8 Å². The molecule has 4 aliphatic heterocycles. The number of carbonyl (C=O) groups is 6. The minimum atomic E-state index is -2.98. The Bertz CT molecular complexity index is 4170. The van der Waals surface area contributed by atoms with E-state index in [0.717, 1.165) is 120 Å². The molecule has 4 saturated heterocycles. The van der Waals surface area contributed by atoms with Crippen LogP contribution in [0, 0.1) is 20.8 Å². The van der Waals surface area contributed by atoms with Crippen molar-refractivity contribution in [1.82, 2.24) is 60.6 Å². The summed E-state index contributed by atoms with van der Waals surface area (Å²) in [4.78, 5) is 113. The van der Waals surface area contributed by atoms with Crippen LogP contribution < -0.4 is 31.9 Å². The number of hydrogen-bond donors (Lipinski definition) is 9. The van der Waals surface area contributed by atoms with Crippen molar-refractivity contribution in [2.75, 3.05) is 48.7 Å². The Labute approximate surface area is 627 Å². The SMILES string of the molecule is CCC(C)(C)Nc1cc(C)c(-c2sc(C(=O)NCC(C)(C)O)nc2C(=O)N2C3CCC2CC3)cn1.CCC(C)(C)Nc1cc(C)c(-c2sc(C(=O)NCC(C)(C)O)nc2C(=O)N2CC(F)(F)C[C@@H]2C)cn1.Cc1cc(NC2(C)CCC2)ncc1-c1sc(C(=O)NCC(C)(C)O)nc1C(=O)N1CCC[C@@H]1C. The van der Waals surface area contributed by atoms with E-state index in [-0.39, 0.29) is 86.9 Å². The number of amides is 6. The normalized spacial score (nSPS) is 19.1. The fourth-order valence-electron chi connectivity index (χ4n) is 13.1. The summed E-state index contributed by atoms with van der Waals surface area (Å²) in [5.74, 6) is -2.98. The van der Waals surface area contributed by atoms with Crippen molar-refractivity contribution in [3.63, 3.8) is 0 Å². The largest absolute Gasteiger partial charge is 0.389 e. The van der Waals surface area contributed by atoms with Gasteiger partial charge in [-0.15, -0.1) is 34.0 Å². The molecule has 11 rings (SSSR count). The zero-order chi connectivity index (χ0) is 77.3. The summed E-state index contributed by atoms with van der Waals surface area (Å²) in [6.45, 7) is 34.0. The summed E-state index contributed by atoms with van der Waals surface area (Å²) in [5.41, 5.74) is 2.08. The van der Waals surface area contributed by atoms with E-state index in [1.807, 2.05) is 55.7 Å². The molecule has 1 aliphatic carbocycles. The number of pyridine rings is 3. The van der Waals surface area contributed by atoms with Crippen LogP contribution in [-0.2, 0) is 0 Å². The number of fused-ring (bicyclic) bond motifs is 2. The second kappa shape index (κ2) is 32.0. The van der Waals surface area contributed by atoms with Crippen molar-refractivity contribution >= 4 is 86.9 Å². The van der Waals surface area contributed by atoms with Crippen LogP contribution in [0.25, 0.3) is 31.3 Å². The quantitative estimate of drug-likeness (QED) is 0.0288. The van der Waals surface area contributed by atoms with Crippen LogP contribution in [-0.4, -0.2) is 192 Å². The first kappa shape index (κ1) is 81.4.